The standard InChI is InChI=1S/C15H17N3O4/c1-10(15(19)22-3)9-17(2)13-4-5-14(18(20)21)12-8-16-7-6-11(12)13/h4-8,10H,9H2,1-3H3. The Hall–Kier alpha value is -2.70. The molecule has 0 N–H and O–H groups in total. The number of pyridine rings is 1. The largest absolute Gasteiger partial charge is 0.469 e. The van der Waals surface area contributed by atoms with Gasteiger partial charge < -0.3 is 9.64 Å². The van der Waals surface area contributed by atoms with Gasteiger partial charge in [0.05, 0.1) is 23.3 Å². The van der Waals surface area contributed by atoms with Crippen LogP contribution < -0.4 is 4.90 Å². The summed E-state index contributed by atoms with van der Waals surface area (Å²) in [6.45, 7) is 2.22. The van der Waals surface area contributed by atoms with Crippen LogP contribution in [0.5, 0.6) is 0 Å². The summed E-state index contributed by atoms with van der Waals surface area (Å²) >= 11 is 0. The van der Waals surface area contributed by atoms with E-state index in [0.717, 1.165) is 11.1 Å². The van der Waals surface area contributed by atoms with Crippen LogP contribution in [0.2, 0.25) is 0 Å². The number of nitro groups is 1. The van der Waals surface area contributed by atoms with Gasteiger partial charge in [0, 0.05) is 43.1 Å². The summed E-state index contributed by atoms with van der Waals surface area (Å²) in [5.41, 5.74) is 0.819. The first-order chi connectivity index (χ1) is 10.5. The van der Waals surface area contributed by atoms with Gasteiger partial charge in [-0.2, -0.15) is 0 Å². The molecule has 1 aromatic carbocycles. The zero-order valence-electron chi connectivity index (χ0n) is 12.6. The third-order valence-electron chi connectivity index (χ3n) is 3.53. The molecule has 1 unspecified atom stereocenters. The number of benzene rings is 1. The Morgan fingerprint density at radius 1 is 1.41 bits per heavy atom. The van der Waals surface area contributed by atoms with Gasteiger partial charge in [0.25, 0.3) is 5.69 Å². The van der Waals surface area contributed by atoms with Gasteiger partial charge in [-0.25, -0.2) is 0 Å². The molecule has 2 aromatic rings. The van der Waals surface area contributed by atoms with Crippen LogP contribution in [-0.4, -0.2) is 36.6 Å². The molecule has 2 rings (SSSR count). The van der Waals surface area contributed by atoms with Gasteiger partial charge in [-0.15, -0.1) is 0 Å². The van der Waals surface area contributed by atoms with Crippen LogP contribution >= 0.6 is 0 Å². The highest BCUT2D eigenvalue weighted by molar-refractivity contribution is 5.99. The predicted octanol–water partition coefficient (Wildman–Crippen LogP) is 2.39. The molecule has 0 spiro atoms. The second kappa shape index (κ2) is 6.38. The molecule has 1 heterocycles. The van der Waals surface area contributed by atoms with Crippen LogP contribution in [0, 0.1) is 16.0 Å². The molecule has 0 aliphatic heterocycles. The maximum Gasteiger partial charge on any atom is 0.310 e. The van der Waals surface area contributed by atoms with E-state index in [9.17, 15) is 14.9 Å². The minimum Gasteiger partial charge on any atom is -0.469 e. The van der Waals surface area contributed by atoms with Crippen LogP contribution in [0.4, 0.5) is 11.4 Å². The number of ether oxygens (including phenoxy) is 1. The zero-order chi connectivity index (χ0) is 16.3. The minimum atomic E-state index is -0.426. The van der Waals surface area contributed by atoms with Gasteiger partial charge in [-0.3, -0.25) is 19.9 Å². The Morgan fingerprint density at radius 3 is 2.77 bits per heavy atom. The van der Waals surface area contributed by atoms with E-state index in [-0.39, 0.29) is 17.6 Å². The zero-order valence-corrected chi connectivity index (χ0v) is 12.6. The van der Waals surface area contributed by atoms with Crippen molar-refractivity contribution in [3.63, 3.8) is 0 Å². The summed E-state index contributed by atoms with van der Waals surface area (Å²) in [4.78, 5) is 28.1. The number of hydrogen-bond donors (Lipinski definition) is 0. The van der Waals surface area contributed by atoms with E-state index >= 15 is 0 Å². The molecule has 116 valence electrons. The van der Waals surface area contributed by atoms with E-state index < -0.39 is 4.92 Å². The molecule has 7 heteroatoms. The number of carbonyl (C=O) groups is 1. The van der Waals surface area contributed by atoms with Gasteiger partial charge in [0.2, 0.25) is 0 Å². The molecule has 1 atom stereocenters. The number of nitrogens with zero attached hydrogens (tertiary/aromatic N) is 3. The summed E-state index contributed by atoms with van der Waals surface area (Å²) in [5.74, 6) is -0.596. The summed E-state index contributed by atoms with van der Waals surface area (Å²) in [6, 6.07) is 4.88. The number of esters is 1. The van der Waals surface area contributed by atoms with E-state index in [4.69, 9.17) is 4.74 Å². The van der Waals surface area contributed by atoms with Crippen molar-refractivity contribution in [3.8, 4) is 0 Å². The van der Waals surface area contributed by atoms with E-state index in [2.05, 4.69) is 4.98 Å². The topological polar surface area (TPSA) is 85.6 Å². The summed E-state index contributed by atoms with van der Waals surface area (Å²) in [5, 5.41) is 12.3. The number of anilines is 1. The Balaban J connectivity index is 2.42. The first kappa shape index (κ1) is 15.7. The fourth-order valence-electron chi connectivity index (χ4n) is 2.44. The third-order valence-corrected chi connectivity index (χ3v) is 3.53. The maximum atomic E-state index is 11.5. The normalized spacial score (nSPS) is 12.0. The highest BCUT2D eigenvalue weighted by atomic mass is 16.6. The number of carbonyl (C=O) groups excluding carboxylic acids is 1. The van der Waals surface area contributed by atoms with Crippen molar-refractivity contribution in [3.05, 3.63) is 40.7 Å². The molecule has 7 nitrogen and oxygen atoms in total. The lowest BCUT2D eigenvalue weighted by molar-refractivity contribution is -0.383. The highest BCUT2D eigenvalue weighted by Crippen LogP contribution is 2.32. The summed E-state index contributed by atoms with van der Waals surface area (Å²) < 4.78 is 4.72. The van der Waals surface area contributed by atoms with E-state index in [1.807, 2.05) is 11.9 Å². The molecular weight excluding hydrogens is 286 g/mol. The van der Waals surface area contributed by atoms with Gasteiger partial charge in [-0.05, 0) is 12.1 Å². The summed E-state index contributed by atoms with van der Waals surface area (Å²) in [7, 11) is 3.19. The molecule has 0 saturated heterocycles. The second-order valence-electron chi connectivity index (χ2n) is 5.09. The number of hydrogen-bond acceptors (Lipinski definition) is 6. The second-order valence-corrected chi connectivity index (χ2v) is 5.09. The molecule has 0 aliphatic carbocycles. The quantitative estimate of drug-likeness (QED) is 0.479. The molecule has 0 amide bonds. The average Bonchev–Trinajstić information content (AvgIpc) is 2.52. The number of rotatable bonds is 5. The Kier molecular flexibility index (Phi) is 4.55. The van der Waals surface area contributed by atoms with Gasteiger partial charge >= 0.3 is 5.97 Å². The molecule has 1 aromatic heterocycles. The van der Waals surface area contributed by atoms with Crippen molar-refractivity contribution in [2.75, 3.05) is 25.6 Å². The third kappa shape index (κ3) is 2.98. The van der Waals surface area contributed by atoms with E-state index in [1.165, 1.54) is 19.4 Å². The molecular formula is C15H17N3O4. The molecule has 0 saturated carbocycles. The fourth-order valence-corrected chi connectivity index (χ4v) is 2.44. The Labute approximate surface area is 127 Å². The Bertz CT molecular complexity index is 717. The van der Waals surface area contributed by atoms with Gasteiger partial charge in [-0.1, -0.05) is 6.92 Å². The van der Waals surface area contributed by atoms with Crippen LogP contribution in [0.3, 0.4) is 0 Å². The number of aromatic nitrogens is 1. The van der Waals surface area contributed by atoms with Crippen molar-refractivity contribution >= 4 is 28.1 Å². The van der Waals surface area contributed by atoms with Crippen LogP contribution in [0.25, 0.3) is 10.8 Å². The van der Waals surface area contributed by atoms with Gasteiger partial charge in [0.15, 0.2) is 0 Å². The predicted molar refractivity (Wildman–Crippen MR) is 82.8 cm³/mol. The highest BCUT2D eigenvalue weighted by Gasteiger charge is 2.19. The lowest BCUT2D eigenvalue weighted by Gasteiger charge is -2.23. The number of fused-ring (bicyclic) bond motifs is 1. The van der Waals surface area contributed by atoms with Crippen LogP contribution in [0.1, 0.15) is 6.92 Å². The monoisotopic (exact) mass is 303 g/mol. The fraction of sp³-hybridized carbons (Fsp3) is 0.333. The van der Waals surface area contributed by atoms with Crippen molar-refractivity contribution in [1.29, 1.82) is 0 Å². The van der Waals surface area contributed by atoms with Gasteiger partial charge in [0.1, 0.15) is 0 Å². The average molecular weight is 303 g/mol. The Morgan fingerprint density at radius 2 is 2.14 bits per heavy atom. The van der Waals surface area contributed by atoms with Crippen molar-refractivity contribution in [1.82, 2.24) is 4.98 Å². The maximum absolute atomic E-state index is 11.5. The summed E-state index contributed by atoms with van der Waals surface area (Å²) in [6.07, 6.45) is 3.07. The number of nitro benzene ring substituents is 1. The molecule has 0 fully saturated rings. The number of methoxy groups -OCH3 is 1. The molecule has 0 aliphatic rings. The first-order valence-corrected chi connectivity index (χ1v) is 6.75. The minimum absolute atomic E-state index is 0.0151. The smallest absolute Gasteiger partial charge is 0.310 e. The first-order valence-electron chi connectivity index (χ1n) is 6.75. The SMILES string of the molecule is COC(=O)C(C)CN(C)c1ccc([N+](=O)[O-])c2cnccc12. The molecule has 0 bridgehead atoms. The van der Waals surface area contributed by atoms with Crippen molar-refractivity contribution < 1.29 is 14.5 Å². The van der Waals surface area contributed by atoms with Crippen LogP contribution in [0.15, 0.2) is 30.6 Å². The molecule has 22 heavy (non-hydrogen) atoms. The lowest BCUT2D eigenvalue weighted by Crippen LogP contribution is -2.29. The van der Waals surface area contributed by atoms with E-state index in [0.29, 0.717) is 11.9 Å². The lowest BCUT2D eigenvalue weighted by atomic mass is 10.1. The molecule has 0 radical (unpaired) electrons. The van der Waals surface area contributed by atoms with E-state index in [1.54, 1.807) is 25.3 Å². The number of non-ortho nitro benzene ring substituents is 1. The van der Waals surface area contributed by atoms with Crippen molar-refractivity contribution in [2.24, 2.45) is 5.92 Å². The van der Waals surface area contributed by atoms with Crippen LogP contribution in [-0.2, 0) is 9.53 Å². The van der Waals surface area contributed by atoms with Crippen molar-refractivity contribution in [2.45, 2.75) is 6.92 Å².